The molecule has 2 N–H and O–H groups in total. The van der Waals surface area contributed by atoms with Crippen molar-refractivity contribution in [3.8, 4) is 0 Å². The first-order valence-electron chi connectivity index (χ1n) is 14.2. The van der Waals surface area contributed by atoms with E-state index in [1.54, 1.807) is 12.0 Å². The Balaban J connectivity index is 1.59. The van der Waals surface area contributed by atoms with Crippen LogP contribution in [0.5, 0.6) is 0 Å². The number of carbonyl (C=O) groups is 2. The summed E-state index contributed by atoms with van der Waals surface area (Å²) in [7, 11) is 1.74. The third kappa shape index (κ3) is 7.17. The van der Waals surface area contributed by atoms with Crippen molar-refractivity contribution in [2.45, 2.75) is 96.4 Å². The number of ether oxygens (including phenoxy) is 2. The van der Waals surface area contributed by atoms with Crippen LogP contribution in [0, 0.1) is 11.8 Å². The van der Waals surface area contributed by atoms with E-state index in [0.717, 1.165) is 31.4 Å². The second-order valence-electron chi connectivity index (χ2n) is 12.8. The maximum Gasteiger partial charge on any atom is 0.410 e. The van der Waals surface area contributed by atoms with Crippen LogP contribution in [-0.4, -0.2) is 89.0 Å². The van der Waals surface area contributed by atoms with E-state index in [1.165, 1.54) is 5.56 Å². The lowest BCUT2D eigenvalue weighted by Crippen LogP contribution is -2.56. The molecule has 2 atom stereocenters. The fourth-order valence-electron chi connectivity index (χ4n) is 5.43. The largest absolute Gasteiger partial charge is 0.444 e. The van der Waals surface area contributed by atoms with Crippen LogP contribution in [0.1, 0.15) is 88.7 Å². The van der Waals surface area contributed by atoms with Crippen LogP contribution in [0.4, 0.5) is 10.5 Å². The van der Waals surface area contributed by atoms with E-state index in [9.17, 15) is 14.7 Å². The first-order valence-corrected chi connectivity index (χ1v) is 14.2. The standard InChI is InChI=1S/C29H46N4O5/c1-18(2)14-33(23-9-19(17-34)15-32(16-23)28(36)38-29(3,4)5)27(35)26-25(31-22-11-24(12-22)37-6)10-21(13-30-26)20-7-8-20/h10,13,18-20,22-24,31,34H,7-9,11-12,14-17H2,1-6H3/t19-,22?,23+,24?/m1/s1. The summed E-state index contributed by atoms with van der Waals surface area (Å²) in [4.78, 5) is 35.4. The SMILES string of the molecule is COC1CC(Nc2cc(C3CC3)cnc2C(=O)N(CC(C)C)[C@H]2C[C@@H](CO)CN(C(=O)OC(C)(C)C)C2)C1. The highest BCUT2D eigenvalue weighted by molar-refractivity contribution is 5.98. The van der Waals surface area contributed by atoms with Crippen molar-refractivity contribution in [1.82, 2.24) is 14.8 Å². The first-order chi connectivity index (χ1) is 18.0. The predicted molar refractivity (Wildman–Crippen MR) is 146 cm³/mol. The van der Waals surface area contributed by atoms with Gasteiger partial charge in [-0.05, 0) is 76.3 Å². The Kier molecular flexibility index (Phi) is 8.87. The molecule has 2 saturated carbocycles. The number of hydrogen-bond acceptors (Lipinski definition) is 7. The quantitative estimate of drug-likeness (QED) is 0.491. The van der Waals surface area contributed by atoms with Crippen LogP contribution in [0.2, 0.25) is 0 Å². The van der Waals surface area contributed by atoms with Crippen LogP contribution < -0.4 is 5.32 Å². The van der Waals surface area contributed by atoms with Gasteiger partial charge in [0.25, 0.3) is 5.91 Å². The zero-order chi connectivity index (χ0) is 27.6. The van der Waals surface area contributed by atoms with Gasteiger partial charge in [-0.3, -0.25) is 4.79 Å². The van der Waals surface area contributed by atoms with Gasteiger partial charge in [-0.25, -0.2) is 9.78 Å². The Labute approximate surface area is 227 Å². The van der Waals surface area contributed by atoms with E-state index in [0.29, 0.717) is 37.7 Å². The van der Waals surface area contributed by atoms with Gasteiger partial charge in [0, 0.05) is 51.5 Å². The second-order valence-corrected chi connectivity index (χ2v) is 12.8. The molecule has 4 rings (SSSR count). The molecule has 38 heavy (non-hydrogen) atoms. The van der Waals surface area contributed by atoms with Crippen LogP contribution in [-0.2, 0) is 9.47 Å². The number of likely N-dealkylation sites (tertiary alicyclic amines) is 1. The lowest BCUT2D eigenvalue weighted by Gasteiger charge is -2.43. The highest BCUT2D eigenvalue weighted by Gasteiger charge is 2.39. The van der Waals surface area contributed by atoms with Gasteiger partial charge in [-0.2, -0.15) is 0 Å². The molecule has 1 saturated heterocycles. The van der Waals surface area contributed by atoms with E-state index in [2.05, 4.69) is 25.2 Å². The molecule has 3 fully saturated rings. The van der Waals surface area contributed by atoms with Gasteiger partial charge in [0.1, 0.15) is 5.60 Å². The van der Waals surface area contributed by atoms with Crippen molar-refractivity contribution in [3.63, 3.8) is 0 Å². The average molecular weight is 531 g/mol. The monoisotopic (exact) mass is 530 g/mol. The van der Waals surface area contributed by atoms with Crippen LogP contribution in [0.15, 0.2) is 12.3 Å². The Morgan fingerprint density at radius 2 is 1.92 bits per heavy atom. The molecule has 2 heterocycles. The summed E-state index contributed by atoms with van der Waals surface area (Å²) < 4.78 is 11.1. The second kappa shape index (κ2) is 11.8. The fourth-order valence-corrected chi connectivity index (χ4v) is 5.43. The molecular formula is C29H46N4O5. The summed E-state index contributed by atoms with van der Waals surface area (Å²) >= 11 is 0. The first kappa shape index (κ1) is 28.6. The number of rotatable bonds is 9. The molecule has 0 spiro atoms. The van der Waals surface area contributed by atoms with E-state index in [1.807, 2.05) is 31.9 Å². The molecule has 0 radical (unpaired) electrons. The number of carbonyl (C=O) groups excluding carboxylic acids is 2. The molecule has 2 amide bonds. The molecule has 0 unspecified atom stereocenters. The van der Waals surface area contributed by atoms with Crippen molar-refractivity contribution >= 4 is 17.7 Å². The minimum atomic E-state index is -0.622. The third-order valence-electron chi connectivity index (χ3n) is 7.64. The smallest absolute Gasteiger partial charge is 0.410 e. The number of anilines is 1. The number of pyridine rings is 1. The maximum absolute atomic E-state index is 14.2. The molecule has 2 aliphatic carbocycles. The Morgan fingerprint density at radius 1 is 1.21 bits per heavy atom. The maximum atomic E-state index is 14.2. The molecule has 1 aliphatic heterocycles. The molecule has 0 aromatic carbocycles. The van der Waals surface area contributed by atoms with E-state index < -0.39 is 11.7 Å². The number of aliphatic hydroxyl groups excluding tert-OH is 1. The number of methoxy groups -OCH3 is 1. The number of piperidine rings is 1. The zero-order valence-corrected chi connectivity index (χ0v) is 23.9. The number of nitrogens with zero attached hydrogens (tertiary/aromatic N) is 3. The van der Waals surface area contributed by atoms with Gasteiger partial charge < -0.3 is 29.7 Å². The molecule has 1 aromatic rings. The topological polar surface area (TPSA) is 104 Å². The number of hydrogen-bond donors (Lipinski definition) is 2. The van der Waals surface area contributed by atoms with Gasteiger partial charge >= 0.3 is 6.09 Å². The molecule has 9 nitrogen and oxygen atoms in total. The molecule has 1 aromatic heterocycles. The van der Waals surface area contributed by atoms with Gasteiger partial charge in [0.15, 0.2) is 5.69 Å². The van der Waals surface area contributed by atoms with Crippen LogP contribution in [0.3, 0.4) is 0 Å². The van der Waals surface area contributed by atoms with E-state index in [4.69, 9.17) is 14.5 Å². The van der Waals surface area contributed by atoms with Crippen molar-refractivity contribution in [2.24, 2.45) is 11.8 Å². The van der Waals surface area contributed by atoms with E-state index in [-0.39, 0.29) is 42.5 Å². The Hall–Kier alpha value is -2.39. The van der Waals surface area contributed by atoms with Gasteiger partial charge in [-0.1, -0.05) is 13.8 Å². The van der Waals surface area contributed by atoms with Gasteiger partial charge in [0.2, 0.25) is 0 Å². The minimum Gasteiger partial charge on any atom is -0.444 e. The van der Waals surface area contributed by atoms with Crippen molar-refractivity contribution in [2.75, 3.05) is 38.7 Å². The van der Waals surface area contributed by atoms with E-state index >= 15 is 0 Å². The lowest BCUT2D eigenvalue weighted by molar-refractivity contribution is -0.00440. The summed E-state index contributed by atoms with van der Waals surface area (Å²) in [6.45, 7) is 10.9. The summed E-state index contributed by atoms with van der Waals surface area (Å²) in [6.07, 6.45) is 6.44. The van der Waals surface area contributed by atoms with Gasteiger partial charge in [0.05, 0.1) is 17.8 Å². The average Bonchev–Trinajstić information content (AvgIpc) is 3.68. The number of nitrogens with one attached hydrogen (secondary N) is 1. The number of aromatic nitrogens is 1. The molecule has 0 bridgehead atoms. The zero-order valence-electron chi connectivity index (χ0n) is 23.9. The third-order valence-corrected chi connectivity index (χ3v) is 7.64. The molecule has 3 aliphatic rings. The van der Waals surface area contributed by atoms with Crippen molar-refractivity contribution in [1.29, 1.82) is 0 Å². The minimum absolute atomic E-state index is 0.0526. The highest BCUT2D eigenvalue weighted by Crippen LogP contribution is 2.41. The molecule has 9 heteroatoms. The molecular weight excluding hydrogens is 484 g/mol. The summed E-state index contributed by atoms with van der Waals surface area (Å²) in [6, 6.07) is 2.11. The Morgan fingerprint density at radius 3 is 2.50 bits per heavy atom. The van der Waals surface area contributed by atoms with Gasteiger partial charge in [-0.15, -0.1) is 0 Å². The number of aliphatic hydroxyl groups is 1. The predicted octanol–water partition coefficient (Wildman–Crippen LogP) is 4.26. The van der Waals surface area contributed by atoms with Crippen molar-refractivity contribution in [3.05, 3.63) is 23.5 Å². The summed E-state index contributed by atoms with van der Waals surface area (Å²) in [5.74, 6) is 0.476. The highest BCUT2D eigenvalue weighted by atomic mass is 16.6. The number of amides is 2. The normalized spacial score (nSPS) is 25.6. The van der Waals surface area contributed by atoms with Crippen LogP contribution >= 0.6 is 0 Å². The lowest BCUT2D eigenvalue weighted by atomic mass is 9.89. The van der Waals surface area contributed by atoms with Crippen molar-refractivity contribution < 1.29 is 24.2 Å². The summed E-state index contributed by atoms with van der Waals surface area (Å²) in [5, 5.41) is 13.6. The Bertz CT molecular complexity index is 984. The summed E-state index contributed by atoms with van der Waals surface area (Å²) in [5.41, 5.74) is 1.76. The fraction of sp³-hybridized carbons (Fsp3) is 0.759. The molecule has 212 valence electrons. The van der Waals surface area contributed by atoms with Crippen LogP contribution in [0.25, 0.3) is 0 Å².